The topological polar surface area (TPSA) is 46.3 Å². The fourth-order valence-corrected chi connectivity index (χ4v) is 1.59. The van der Waals surface area contributed by atoms with E-state index in [1.165, 1.54) is 11.9 Å². The molecule has 2 aromatic rings. The molecule has 0 aromatic heterocycles. The van der Waals surface area contributed by atoms with E-state index in [0.717, 1.165) is 16.5 Å². The fourth-order valence-electron chi connectivity index (χ4n) is 1.59. The number of hydrazine groups is 1. The molecule has 2 rings (SSSR count). The molecule has 76 valence electrons. The summed E-state index contributed by atoms with van der Waals surface area (Å²) in [4.78, 5) is 11.2. The first-order valence-corrected chi connectivity index (χ1v) is 4.73. The smallest absolute Gasteiger partial charge is 0.238 e. The van der Waals surface area contributed by atoms with E-state index in [0.29, 0.717) is 0 Å². The maximum atomic E-state index is 11.2. The zero-order valence-electron chi connectivity index (χ0n) is 8.47. The van der Waals surface area contributed by atoms with E-state index in [9.17, 15) is 4.79 Å². The van der Waals surface area contributed by atoms with Crippen LogP contribution in [0, 0.1) is 0 Å². The number of fused-ring (bicyclic) bond motifs is 1. The lowest BCUT2D eigenvalue weighted by atomic mass is 10.1. The van der Waals surface area contributed by atoms with Gasteiger partial charge in [-0.1, -0.05) is 36.4 Å². The van der Waals surface area contributed by atoms with E-state index in [2.05, 4.69) is 0 Å². The highest BCUT2D eigenvalue weighted by Gasteiger charge is 2.08. The summed E-state index contributed by atoms with van der Waals surface area (Å²) in [5, 5.41) is 3.23. The molecule has 0 aliphatic rings. The van der Waals surface area contributed by atoms with Crippen molar-refractivity contribution in [1.29, 1.82) is 0 Å². The van der Waals surface area contributed by atoms with E-state index < -0.39 is 0 Å². The Hall–Kier alpha value is -1.87. The molecule has 2 N–H and O–H groups in total. The summed E-state index contributed by atoms with van der Waals surface area (Å²) in [7, 11) is 0. The van der Waals surface area contributed by atoms with E-state index in [1.807, 2.05) is 42.5 Å². The molecule has 0 bridgehead atoms. The number of anilines is 1. The van der Waals surface area contributed by atoms with E-state index in [4.69, 9.17) is 5.84 Å². The van der Waals surface area contributed by atoms with Crippen LogP contribution in [-0.4, -0.2) is 5.91 Å². The molecule has 0 aliphatic heterocycles. The third-order valence-electron chi connectivity index (χ3n) is 2.37. The quantitative estimate of drug-likeness (QED) is 0.435. The van der Waals surface area contributed by atoms with Gasteiger partial charge in [-0.2, -0.15) is 0 Å². The minimum Gasteiger partial charge on any atom is -0.273 e. The normalized spacial score (nSPS) is 10.3. The van der Waals surface area contributed by atoms with Gasteiger partial charge in [0.05, 0.1) is 5.69 Å². The van der Waals surface area contributed by atoms with Crippen molar-refractivity contribution in [1.82, 2.24) is 0 Å². The number of carbonyl (C=O) groups excluding carboxylic acids is 1. The molecule has 2 aromatic carbocycles. The summed E-state index contributed by atoms with van der Waals surface area (Å²) in [6, 6.07) is 13.6. The van der Waals surface area contributed by atoms with Crippen molar-refractivity contribution in [3.63, 3.8) is 0 Å². The van der Waals surface area contributed by atoms with Gasteiger partial charge >= 0.3 is 0 Å². The monoisotopic (exact) mass is 200 g/mol. The minimum absolute atomic E-state index is 0.175. The van der Waals surface area contributed by atoms with Gasteiger partial charge in [-0.25, -0.2) is 10.9 Å². The summed E-state index contributed by atoms with van der Waals surface area (Å²) >= 11 is 0. The SMILES string of the molecule is CC(=O)N(N)c1cccc2ccccc12. The van der Waals surface area contributed by atoms with Crippen molar-refractivity contribution in [3.05, 3.63) is 42.5 Å². The van der Waals surface area contributed by atoms with Gasteiger partial charge in [-0.15, -0.1) is 0 Å². The Balaban J connectivity index is 2.65. The molecular formula is C12H12N2O. The molecule has 0 atom stereocenters. The van der Waals surface area contributed by atoms with Crippen LogP contribution in [0.3, 0.4) is 0 Å². The first kappa shape index (κ1) is 9.68. The average molecular weight is 200 g/mol. The molecular weight excluding hydrogens is 188 g/mol. The lowest BCUT2D eigenvalue weighted by Gasteiger charge is -2.16. The number of rotatable bonds is 1. The van der Waals surface area contributed by atoms with Crippen molar-refractivity contribution >= 4 is 22.4 Å². The molecule has 0 heterocycles. The van der Waals surface area contributed by atoms with Crippen LogP contribution in [0.15, 0.2) is 42.5 Å². The molecule has 3 heteroatoms. The summed E-state index contributed by atoms with van der Waals surface area (Å²) < 4.78 is 0. The van der Waals surface area contributed by atoms with Gasteiger partial charge in [-0.05, 0) is 11.5 Å². The van der Waals surface area contributed by atoms with Crippen LogP contribution in [0.25, 0.3) is 10.8 Å². The zero-order chi connectivity index (χ0) is 10.8. The summed E-state index contributed by atoms with van der Waals surface area (Å²) in [5.74, 6) is 5.51. The van der Waals surface area contributed by atoms with E-state index in [-0.39, 0.29) is 5.91 Å². The largest absolute Gasteiger partial charge is 0.273 e. The third kappa shape index (κ3) is 1.69. The lowest BCUT2D eigenvalue weighted by molar-refractivity contribution is -0.116. The maximum Gasteiger partial charge on any atom is 0.238 e. The van der Waals surface area contributed by atoms with Crippen molar-refractivity contribution in [2.45, 2.75) is 6.92 Å². The van der Waals surface area contributed by atoms with Gasteiger partial charge < -0.3 is 0 Å². The predicted molar refractivity (Wildman–Crippen MR) is 61.3 cm³/mol. The molecule has 0 unspecified atom stereocenters. The molecule has 0 saturated heterocycles. The molecule has 0 aliphatic carbocycles. The molecule has 3 nitrogen and oxygen atoms in total. The van der Waals surface area contributed by atoms with Gasteiger partial charge in [0.1, 0.15) is 0 Å². The number of hydrogen-bond acceptors (Lipinski definition) is 2. The number of carbonyl (C=O) groups is 1. The highest BCUT2D eigenvalue weighted by Crippen LogP contribution is 2.24. The van der Waals surface area contributed by atoms with E-state index >= 15 is 0 Å². The standard InChI is InChI=1S/C12H12N2O/c1-9(15)14(13)12-8-4-6-10-5-2-3-7-11(10)12/h2-8H,13H2,1H3. The van der Waals surface area contributed by atoms with Crippen LogP contribution >= 0.6 is 0 Å². The van der Waals surface area contributed by atoms with E-state index in [1.54, 1.807) is 0 Å². The van der Waals surface area contributed by atoms with Crippen LogP contribution in [0.2, 0.25) is 0 Å². The second-order valence-corrected chi connectivity index (χ2v) is 3.39. The number of amides is 1. The van der Waals surface area contributed by atoms with Crippen LogP contribution in [-0.2, 0) is 4.79 Å². The van der Waals surface area contributed by atoms with Crippen molar-refractivity contribution in [2.24, 2.45) is 5.84 Å². The third-order valence-corrected chi connectivity index (χ3v) is 2.37. The number of benzene rings is 2. The maximum absolute atomic E-state index is 11.2. The Morgan fingerprint density at radius 1 is 1.13 bits per heavy atom. The summed E-state index contributed by atoms with van der Waals surface area (Å²) in [6.07, 6.45) is 0. The van der Waals surface area contributed by atoms with Crippen LogP contribution in [0.4, 0.5) is 5.69 Å². The first-order chi connectivity index (χ1) is 7.20. The highest BCUT2D eigenvalue weighted by atomic mass is 16.2. The van der Waals surface area contributed by atoms with Crippen LogP contribution in [0.5, 0.6) is 0 Å². The molecule has 0 fully saturated rings. The van der Waals surface area contributed by atoms with Crippen molar-refractivity contribution < 1.29 is 4.79 Å². The minimum atomic E-state index is -0.175. The van der Waals surface area contributed by atoms with Gasteiger partial charge in [-0.3, -0.25) is 4.79 Å². The predicted octanol–water partition coefficient (Wildman–Crippen LogP) is 2.07. The number of nitrogens with zero attached hydrogens (tertiary/aromatic N) is 1. The lowest BCUT2D eigenvalue weighted by Crippen LogP contribution is -2.35. The van der Waals surface area contributed by atoms with Gasteiger partial charge in [0.2, 0.25) is 5.91 Å². The van der Waals surface area contributed by atoms with Gasteiger partial charge in [0.25, 0.3) is 0 Å². The molecule has 1 amide bonds. The Labute approximate surface area is 88.1 Å². The van der Waals surface area contributed by atoms with Gasteiger partial charge in [0, 0.05) is 12.3 Å². The van der Waals surface area contributed by atoms with Gasteiger partial charge in [0.15, 0.2) is 0 Å². The second kappa shape index (κ2) is 3.71. The molecule has 0 spiro atoms. The molecule has 0 radical (unpaired) electrons. The average Bonchev–Trinajstić information content (AvgIpc) is 2.27. The second-order valence-electron chi connectivity index (χ2n) is 3.39. The summed E-state index contributed by atoms with van der Waals surface area (Å²) in [5.41, 5.74) is 0.737. The Kier molecular flexibility index (Phi) is 2.39. The molecule has 0 saturated carbocycles. The molecule has 15 heavy (non-hydrogen) atoms. The highest BCUT2D eigenvalue weighted by molar-refractivity contribution is 6.02. The first-order valence-electron chi connectivity index (χ1n) is 4.73. The Morgan fingerprint density at radius 2 is 1.80 bits per heavy atom. The fraction of sp³-hybridized carbons (Fsp3) is 0.0833. The number of nitrogens with two attached hydrogens (primary N) is 1. The summed E-state index contributed by atoms with van der Waals surface area (Å²) in [6.45, 7) is 1.45. The van der Waals surface area contributed by atoms with Crippen LogP contribution in [0.1, 0.15) is 6.92 Å². The zero-order valence-corrected chi connectivity index (χ0v) is 8.47. The Bertz CT molecular complexity index is 502. The van der Waals surface area contributed by atoms with Crippen LogP contribution < -0.4 is 10.9 Å². The Morgan fingerprint density at radius 3 is 2.53 bits per heavy atom. The van der Waals surface area contributed by atoms with Crippen molar-refractivity contribution in [2.75, 3.05) is 5.01 Å². The van der Waals surface area contributed by atoms with Crippen molar-refractivity contribution in [3.8, 4) is 0 Å². The number of hydrogen-bond donors (Lipinski definition) is 1.